The minimum atomic E-state index is -0.565. The van der Waals surface area contributed by atoms with E-state index in [1.54, 1.807) is 6.07 Å². The Morgan fingerprint density at radius 3 is 2.51 bits per heavy atom. The van der Waals surface area contributed by atoms with Crippen molar-refractivity contribution in [3.63, 3.8) is 0 Å². The van der Waals surface area contributed by atoms with Gasteiger partial charge in [0.2, 0.25) is 5.91 Å². The van der Waals surface area contributed by atoms with Gasteiger partial charge in [-0.05, 0) is 55.3 Å². The first-order valence-electron chi connectivity index (χ1n) is 13.8. The van der Waals surface area contributed by atoms with Crippen molar-refractivity contribution in [2.75, 3.05) is 26.2 Å². The van der Waals surface area contributed by atoms with Crippen molar-refractivity contribution in [1.29, 1.82) is 0 Å². The zero-order valence-corrected chi connectivity index (χ0v) is 22.1. The number of Topliss-reactive ketones (excluding diaryl/α,β-unsaturated/α-hetero) is 1. The van der Waals surface area contributed by atoms with E-state index in [-0.39, 0.29) is 40.2 Å². The molecule has 2 heterocycles. The summed E-state index contributed by atoms with van der Waals surface area (Å²) in [5.41, 5.74) is 1.07. The SMILES string of the molecule is O=C(NC(CCN1CC2CNC[C@H]2[C@H]1C(=O)c1c(F)cccc1Cl)c1ccccc1)C1CCCCCC1. The number of nitrogens with one attached hydrogen (secondary N) is 2. The molecule has 0 aromatic heterocycles. The van der Waals surface area contributed by atoms with Gasteiger partial charge < -0.3 is 10.6 Å². The van der Waals surface area contributed by atoms with Crippen molar-refractivity contribution in [2.24, 2.45) is 17.8 Å². The topological polar surface area (TPSA) is 61.4 Å². The zero-order valence-electron chi connectivity index (χ0n) is 21.3. The predicted molar refractivity (Wildman–Crippen MR) is 144 cm³/mol. The first kappa shape index (κ1) is 26.3. The molecule has 4 atom stereocenters. The summed E-state index contributed by atoms with van der Waals surface area (Å²) in [6, 6.07) is 13.9. The lowest BCUT2D eigenvalue weighted by atomic mass is 9.89. The highest BCUT2D eigenvalue weighted by Crippen LogP contribution is 2.37. The largest absolute Gasteiger partial charge is 0.349 e. The van der Waals surface area contributed by atoms with E-state index in [0.717, 1.165) is 50.9 Å². The molecule has 198 valence electrons. The molecule has 2 saturated heterocycles. The Morgan fingerprint density at radius 1 is 1.03 bits per heavy atom. The Hall–Kier alpha value is -2.28. The van der Waals surface area contributed by atoms with Crippen molar-refractivity contribution in [3.05, 3.63) is 70.5 Å². The number of carbonyl (C=O) groups is 2. The summed E-state index contributed by atoms with van der Waals surface area (Å²) in [5.74, 6) is -0.121. The summed E-state index contributed by atoms with van der Waals surface area (Å²) in [6.45, 7) is 3.01. The molecule has 0 spiro atoms. The summed E-state index contributed by atoms with van der Waals surface area (Å²) < 4.78 is 14.7. The van der Waals surface area contributed by atoms with E-state index < -0.39 is 11.9 Å². The fraction of sp³-hybridized carbons (Fsp3) is 0.533. The zero-order chi connectivity index (χ0) is 25.8. The van der Waals surface area contributed by atoms with E-state index >= 15 is 0 Å². The first-order chi connectivity index (χ1) is 18.0. The molecular weight excluding hydrogens is 489 g/mol. The van der Waals surface area contributed by atoms with E-state index in [1.165, 1.54) is 25.0 Å². The molecule has 1 aliphatic carbocycles. The highest BCUT2D eigenvalue weighted by Gasteiger charge is 2.48. The van der Waals surface area contributed by atoms with Crippen LogP contribution in [0.5, 0.6) is 0 Å². The van der Waals surface area contributed by atoms with Gasteiger partial charge in [-0.2, -0.15) is 0 Å². The lowest BCUT2D eigenvalue weighted by molar-refractivity contribution is -0.126. The maximum atomic E-state index is 14.7. The molecule has 2 aliphatic heterocycles. The third-order valence-electron chi connectivity index (χ3n) is 8.59. The number of amides is 1. The van der Waals surface area contributed by atoms with E-state index in [0.29, 0.717) is 18.9 Å². The van der Waals surface area contributed by atoms with Crippen LogP contribution in [0, 0.1) is 23.6 Å². The summed E-state index contributed by atoms with van der Waals surface area (Å²) >= 11 is 6.30. The Balaban J connectivity index is 1.34. The molecule has 5 nitrogen and oxygen atoms in total. The van der Waals surface area contributed by atoms with Crippen LogP contribution in [0.4, 0.5) is 4.39 Å². The number of fused-ring (bicyclic) bond motifs is 1. The Morgan fingerprint density at radius 2 is 1.78 bits per heavy atom. The molecule has 2 N–H and O–H groups in total. The molecule has 3 aliphatic rings. The van der Waals surface area contributed by atoms with Crippen molar-refractivity contribution in [2.45, 2.75) is 57.0 Å². The standard InChI is InChI=1S/C30H37ClFN3O2/c31-24-13-8-14-25(32)27(24)29(36)28-23-18-33-17-22(23)19-35(28)16-15-26(20-9-6-3-7-10-20)34-30(37)21-11-4-1-2-5-12-21/h3,6-10,13-14,21-23,26,28,33H,1-2,4-5,11-12,15-19H2,(H,34,37)/t22?,23-,26?,28+/m1/s1. The number of carbonyl (C=O) groups excluding carboxylic acids is 2. The van der Waals surface area contributed by atoms with Gasteiger partial charge in [-0.1, -0.05) is 73.7 Å². The number of hydrogen-bond donors (Lipinski definition) is 2. The summed E-state index contributed by atoms with van der Waals surface area (Å²) in [4.78, 5) is 29.2. The monoisotopic (exact) mass is 525 g/mol. The second-order valence-corrected chi connectivity index (χ2v) is 11.3. The van der Waals surface area contributed by atoms with Gasteiger partial charge in [-0.25, -0.2) is 4.39 Å². The minimum absolute atomic E-state index is 0.00649. The molecule has 5 rings (SSSR count). The lowest BCUT2D eigenvalue weighted by Gasteiger charge is -2.29. The Labute approximate surface area is 224 Å². The number of ketones is 1. The number of nitrogens with zero attached hydrogens (tertiary/aromatic N) is 1. The number of halogens is 2. The van der Waals surface area contributed by atoms with Gasteiger partial charge >= 0.3 is 0 Å². The van der Waals surface area contributed by atoms with Crippen molar-refractivity contribution < 1.29 is 14.0 Å². The fourth-order valence-corrected chi connectivity index (χ4v) is 6.87. The molecular formula is C30H37ClFN3O2. The molecule has 7 heteroatoms. The van der Waals surface area contributed by atoms with Crippen LogP contribution in [0.25, 0.3) is 0 Å². The third-order valence-corrected chi connectivity index (χ3v) is 8.90. The fourth-order valence-electron chi connectivity index (χ4n) is 6.61. The molecule has 1 saturated carbocycles. The summed E-state index contributed by atoms with van der Waals surface area (Å²) in [6.07, 6.45) is 7.23. The molecule has 1 amide bonds. The number of rotatable bonds is 8. The van der Waals surface area contributed by atoms with Gasteiger partial charge in [-0.15, -0.1) is 0 Å². The first-order valence-corrected chi connectivity index (χ1v) is 14.2. The molecule has 37 heavy (non-hydrogen) atoms. The number of likely N-dealkylation sites (tertiary alicyclic amines) is 1. The van der Waals surface area contributed by atoms with Gasteiger partial charge in [0.05, 0.1) is 22.7 Å². The lowest BCUT2D eigenvalue weighted by Crippen LogP contribution is -2.44. The van der Waals surface area contributed by atoms with Crippen LogP contribution in [0.1, 0.15) is 66.9 Å². The quantitative estimate of drug-likeness (QED) is 0.358. The van der Waals surface area contributed by atoms with Gasteiger partial charge in [0.1, 0.15) is 5.82 Å². The minimum Gasteiger partial charge on any atom is -0.349 e. The molecule has 2 aromatic carbocycles. The Kier molecular flexibility index (Phi) is 8.58. The van der Waals surface area contributed by atoms with Crippen LogP contribution < -0.4 is 10.6 Å². The smallest absolute Gasteiger partial charge is 0.223 e. The van der Waals surface area contributed by atoms with Crippen LogP contribution in [-0.4, -0.2) is 48.8 Å². The second-order valence-electron chi connectivity index (χ2n) is 10.9. The number of benzene rings is 2. The van der Waals surface area contributed by atoms with Crippen molar-refractivity contribution in [3.8, 4) is 0 Å². The van der Waals surface area contributed by atoms with Crippen LogP contribution in [0.3, 0.4) is 0 Å². The van der Waals surface area contributed by atoms with Crippen molar-refractivity contribution in [1.82, 2.24) is 15.5 Å². The third kappa shape index (κ3) is 5.92. The van der Waals surface area contributed by atoms with Crippen LogP contribution in [0.15, 0.2) is 48.5 Å². The molecule has 3 fully saturated rings. The van der Waals surface area contributed by atoms with E-state index in [4.69, 9.17) is 11.6 Å². The second kappa shape index (κ2) is 12.1. The number of hydrogen-bond acceptors (Lipinski definition) is 4. The molecule has 2 unspecified atom stereocenters. The average Bonchev–Trinajstić information content (AvgIpc) is 3.36. The van der Waals surface area contributed by atoms with Gasteiger partial charge in [0.15, 0.2) is 5.78 Å². The normalized spacial score (nSPS) is 25.4. The summed E-state index contributed by atoms with van der Waals surface area (Å²) in [5, 5.41) is 6.93. The van der Waals surface area contributed by atoms with Gasteiger partial charge in [-0.3, -0.25) is 14.5 Å². The highest BCUT2D eigenvalue weighted by molar-refractivity contribution is 6.34. The van der Waals surface area contributed by atoms with Crippen LogP contribution >= 0.6 is 11.6 Å². The Bertz CT molecular complexity index is 1070. The maximum absolute atomic E-state index is 14.7. The van der Waals surface area contributed by atoms with E-state index in [1.807, 2.05) is 18.2 Å². The van der Waals surface area contributed by atoms with Crippen LogP contribution in [0.2, 0.25) is 5.02 Å². The van der Waals surface area contributed by atoms with Crippen molar-refractivity contribution >= 4 is 23.3 Å². The predicted octanol–water partition coefficient (Wildman–Crippen LogP) is 5.40. The average molecular weight is 526 g/mol. The summed E-state index contributed by atoms with van der Waals surface area (Å²) in [7, 11) is 0. The van der Waals surface area contributed by atoms with Gasteiger partial charge in [0, 0.05) is 25.6 Å². The maximum Gasteiger partial charge on any atom is 0.223 e. The highest BCUT2D eigenvalue weighted by atomic mass is 35.5. The van der Waals surface area contributed by atoms with Gasteiger partial charge in [0.25, 0.3) is 0 Å². The van der Waals surface area contributed by atoms with Crippen LogP contribution in [-0.2, 0) is 4.79 Å². The van der Waals surface area contributed by atoms with E-state index in [9.17, 15) is 14.0 Å². The molecule has 2 aromatic rings. The van der Waals surface area contributed by atoms with E-state index in [2.05, 4.69) is 27.7 Å². The molecule has 0 bridgehead atoms. The molecule has 0 radical (unpaired) electrons.